The standard InChI is InChI=1S/C21H22FN3/c1-16-14-17(18-6-2-3-7-19(18)24-16)15-25-12-9-21(22,10-13-25)20-8-4-5-11-23-20/h2-8,11,14H,9-10,12-13,15H2,1H3. The molecule has 0 atom stereocenters. The molecule has 128 valence electrons. The maximum atomic E-state index is 15.2. The molecule has 3 aromatic rings. The number of piperidine rings is 1. The Morgan fingerprint density at radius 2 is 1.84 bits per heavy atom. The van der Waals surface area contributed by atoms with E-state index in [-0.39, 0.29) is 0 Å². The van der Waals surface area contributed by atoms with Crippen LogP contribution in [0.2, 0.25) is 0 Å². The third-order valence-corrected chi connectivity index (χ3v) is 5.10. The molecule has 0 saturated carbocycles. The Kier molecular flexibility index (Phi) is 4.22. The molecule has 1 aliphatic rings. The first-order valence-electron chi connectivity index (χ1n) is 8.82. The van der Waals surface area contributed by atoms with Crippen molar-refractivity contribution in [3.63, 3.8) is 0 Å². The fourth-order valence-corrected chi connectivity index (χ4v) is 3.72. The predicted molar refractivity (Wildman–Crippen MR) is 98.0 cm³/mol. The monoisotopic (exact) mass is 335 g/mol. The maximum Gasteiger partial charge on any atom is 0.155 e. The molecule has 1 saturated heterocycles. The van der Waals surface area contributed by atoms with Gasteiger partial charge in [-0.2, -0.15) is 0 Å². The van der Waals surface area contributed by atoms with Gasteiger partial charge in [0.15, 0.2) is 5.67 Å². The Morgan fingerprint density at radius 1 is 1.08 bits per heavy atom. The summed E-state index contributed by atoms with van der Waals surface area (Å²) in [5.41, 5.74) is 2.60. The van der Waals surface area contributed by atoms with Gasteiger partial charge in [-0.25, -0.2) is 4.39 Å². The van der Waals surface area contributed by atoms with Crippen LogP contribution in [0, 0.1) is 6.92 Å². The zero-order valence-corrected chi connectivity index (χ0v) is 14.5. The van der Waals surface area contributed by atoms with Crippen molar-refractivity contribution < 1.29 is 4.39 Å². The van der Waals surface area contributed by atoms with Gasteiger partial charge in [0.05, 0.1) is 11.2 Å². The SMILES string of the molecule is Cc1cc(CN2CCC(F)(c3ccccn3)CC2)c2ccccc2n1. The number of fused-ring (bicyclic) bond motifs is 1. The quantitative estimate of drug-likeness (QED) is 0.710. The zero-order valence-electron chi connectivity index (χ0n) is 14.5. The Morgan fingerprint density at radius 3 is 2.60 bits per heavy atom. The Hall–Kier alpha value is -2.33. The zero-order chi connectivity index (χ0) is 17.3. The van der Waals surface area contributed by atoms with Gasteiger partial charge in [-0.05, 0) is 49.6 Å². The number of likely N-dealkylation sites (tertiary alicyclic amines) is 1. The molecular formula is C21H22FN3. The molecule has 0 unspecified atom stereocenters. The van der Waals surface area contributed by atoms with E-state index in [4.69, 9.17) is 0 Å². The Balaban J connectivity index is 1.51. The van der Waals surface area contributed by atoms with Crippen molar-refractivity contribution in [1.29, 1.82) is 0 Å². The number of rotatable bonds is 3. The van der Waals surface area contributed by atoms with E-state index in [1.165, 1.54) is 10.9 Å². The fraction of sp³-hybridized carbons (Fsp3) is 0.333. The summed E-state index contributed by atoms with van der Waals surface area (Å²) in [7, 11) is 0. The van der Waals surface area contributed by atoms with Crippen molar-refractivity contribution >= 4 is 10.9 Å². The van der Waals surface area contributed by atoms with E-state index in [0.717, 1.165) is 30.8 Å². The molecule has 1 aliphatic heterocycles. The molecule has 0 spiro atoms. The molecule has 1 aromatic carbocycles. The largest absolute Gasteiger partial charge is 0.299 e. The molecule has 3 heterocycles. The molecule has 2 aromatic heterocycles. The van der Waals surface area contributed by atoms with Crippen molar-refractivity contribution in [3.8, 4) is 0 Å². The molecule has 3 nitrogen and oxygen atoms in total. The number of aromatic nitrogens is 2. The lowest BCUT2D eigenvalue weighted by Gasteiger charge is -2.36. The Bertz CT molecular complexity index is 871. The number of benzene rings is 1. The van der Waals surface area contributed by atoms with E-state index >= 15 is 4.39 Å². The van der Waals surface area contributed by atoms with Crippen LogP contribution < -0.4 is 0 Å². The number of hydrogen-bond acceptors (Lipinski definition) is 3. The third kappa shape index (κ3) is 3.27. The molecule has 0 amide bonds. The van der Waals surface area contributed by atoms with Crippen molar-refractivity contribution in [2.24, 2.45) is 0 Å². The highest BCUT2D eigenvalue weighted by Crippen LogP contribution is 2.36. The molecule has 4 heteroatoms. The van der Waals surface area contributed by atoms with Crippen LogP contribution in [0.5, 0.6) is 0 Å². The lowest BCUT2D eigenvalue weighted by Crippen LogP contribution is -2.40. The van der Waals surface area contributed by atoms with Gasteiger partial charge < -0.3 is 0 Å². The van der Waals surface area contributed by atoms with Crippen LogP contribution in [0.4, 0.5) is 4.39 Å². The van der Waals surface area contributed by atoms with E-state index in [1.807, 2.05) is 31.2 Å². The minimum atomic E-state index is -1.30. The first-order valence-corrected chi connectivity index (χ1v) is 8.82. The lowest BCUT2D eigenvalue weighted by molar-refractivity contribution is 0.0492. The van der Waals surface area contributed by atoms with Gasteiger partial charge >= 0.3 is 0 Å². The second-order valence-corrected chi connectivity index (χ2v) is 6.90. The smallest absolute Gasteiger partial charge is 0.155 e. The predicted octanol–water partition coefficient (Wildman–Crippen LogP) is 4.40. The Labute approximate surface area is 147 Å². The van der Waals surface area contributed by atoms with Crippen molar-refractivity contribution in [2.45, 2.75) is 32.0 Å². The molecular weight excluding hydrogens is 313 g/mol. The van der Waals surface area contributed by atoms with E-state index in [9.17, 15) is 0 Å². The van der Waals surface area contributed by atoms with Crippen molar-refractivity contribution in [2.75, 3.05) is 13.1 Å². The highest BCUT2D eigenvalue weighted by atomic mass is 19.1. The summed E-state index contributed by atoms with van der Waals surface area (Å²) in [6, 6.07) is 15.9. The van der Waals surface area contributed by atoms with Gasteiger partial charge in [-0.15, -0.1) is 0 Å². The minimum absolute atomic E-state index is 0.492. The van der Waals surface area contributed by atoms with Gasteiger partial charge in [-0.1, -0.05) is 24.3 Å². The molecule has 0 radical (unpaired) electrons. The van der Waals surface area contributed by atoms with Crippen LogP contribution in [0.1, 0.15) is 29.8 Å². The number of halogens is 1. The van der Waals surface area contributed by atoms with Gasteiger partial charge in [0.25, 0.3) is 0 Å². The molecule has 1 fully saturated rings. The summed E-state index contributed by atoms with van der Waals surface area (Å²) in [6.07, 6.45) is 2.66. The number of para-hydroxylation sites is 1. The molecule has 0 N–H and O–H groups in total. The number of alkyl halides is 1. The number of aryl methyl sites for hydroxylation is 1. The van der Waals surface area contributed by atoms with E-state index in [1.54, 1.807) is 12.3 Å². The second kappa shape index (κ2) is 6.52. The average Bonchev–Trinajstić information content (AvgIpc) is 2.64. The summed E-state index contributed by atoms with van der Waals surface area (Å²) in [5, 5.41) is 1.19. The normalized spacial score (nSPS) is 17.7. The van der Waals surface area contributed by atoms with Gasteiger partial charge in [0, 0.05) is 36.9 Å². The average molecular weight is 335 g/mol. The summed E-state index contributed by atoms with van der Waals surface area (Å²) >= 11 is 0. The van der Waals surface area contributed by atoms with E-state index in [0.29, 0.717) is 18.5 Å². The molecule has 0 bridgehead atoms. The second-order valence-electron chi connectivity index (χ2n) is 6.90. The molecule has 25 heavy (non-hydrogen) atoms. The lowest BCUT2D eigenvalue weighted by atomic mass is 9.89. The number of nitrogens with zero attached hydrogens (tertiary/aromatic N) is 3. The molecule has 4 rings (SSSR count). The van der Waals surface area contributed by atoms with Crippen LogP contribution in [0.25, 0.3) is 10.9 Å². The van der Waals surface area contributed by atoms with Crippen LogP contribution in [0.15, 0.2) is 54.7 Å². The summed E-state index contributed by atoms with van der Waals surface area (Å²) < 4.78 is 15.2. The van der Waals surface area contributed by atoms with Gasteiger partial charge in [-0.3, -0.25) is 14.9 Å². The van der Waals surface area contributed by atoms with Crippen LogP contribution in [-0.2, 0) is 12.2 Å². The van der Waals surface area contributed by atoms with E-state index < -0.39 is 5.67 Å². The van der Waals surface area contributed by atoms with Gasteiger partial charge in [0.2, 0.25) is 0 Å². The maximum absolute atomic E-state index is 15.2. The summed E-state index contributed by atoms with van der Waals surface area (Å²) in [6.45, 7) is 4.34. The van der Waals surface area contributed by atoms with Gasteiger partial charge in [0.1, 0.15) is 0 Å². The number of pyridine rings is 2. The van der Waals surface area contributed by atoms with Crippen molar-refractivity contribution in [1.82, 2.24) is 14.9 Å². The highest BCUT2D eigenvalue weighted by molar-refractivity contribution is 5.82. The van der Waals surface area contributed by atoms with Crippen LogP contribution in [-0.4, -0.2) is 28.0 Å². The van der Waals surface area contributed by atoms with Crippen LogP contribution >= 0.6 is 0 Å². The minimum Gasteiger partial charge on any atom is -0.299 e. The first kappa shape index (κ1) is 16.2. The van der Waals surface area contributed by atoms with Crippen LogP contribution in [0.3, 0.4) is 0 Å². The topological polar surface area (TPSA) is 29.0 Å². The molecule has 0 aliphatic carbocycles. The summed E-state index contributed by atoms with van der Waals surface area (Å²) in [4.78, 5) is 11.2. The number of hydrogen-bond donors (Lipinski definition) is 0. The van der Waals surface area contributed by atoms with Crippen molar-refractivity contribution in [3.05, 3.63) is 71.7 Å². The summed E-state index contributed by atoms with van der Waals surface area (Å²) in [5.74, 6) is 0. The third-order valence-electron chi connectivity index (χ3n) is 5.10. The first-order chi connectivity index (χ1) is 12.1. The van der Waals surface area contributed by atoms with E-state index in [2.05, 4.69) is 33.1 Å². The fourth-order valence-electron chi connectivity index (χ4n) is 3.72. The highest BCUT2D eigenvalue weighted by Gasteiger charge is 2.37.